The minimum atomic E-state index is -0.0905. The monoisotopic (exact) mass is 436 g/mol. The largest absolute Gasteiger partial charge is 0.337 e. The van der Waals surface area contributed by atoms with Gasteiger partial charge in [-0.05, 0) is 42.7 Å². The summed E-state index contributed by atoms with van der Waals surface area (Å²) < 4.78 is 3.02. The van der Waals surface area contributed by atoms with Crippen molar-refractivity contribution < 1.29 is 4.79 Å². The van der Waals surface area contributed by atoms with Crippen LogP contribution in [0.25, 0.3) is 16.3 Å². The van der Waals surface area contributed by atoms with Gasteiger partial charge in [0.1, 0.15) is 0 Å². The van der Waals surface area contributed by atoms with Crippen LogP contribution in [-0.2, 0) is 11.3 Å². The lowest BCUT2D eigenvalue weighted by atomic mass is 10.2. The predicted octanol–water partition coefficient (Wildman–Crippen LogP) is 5.59. The molecule has 2 aromatic heterocycles. The number of anilines is 1. The Morgan fingerprint density at radius 2 is 2.07 bits per heavy atom. The van der Waals surface area contributed by atoms with Gasteiger partial charge in [-0.15, -0.1) is 0 Å². The summed E-state index contributed by atoms with van der Waals surface area (Å²) in [5, 5.41) is 1.37. The Labute approximate surface area is 184 Å². The van der Waals surface area contributed by atoms with Gasteiger partial charge in [0.05, 0.1) is 16.5 Å². The highest BCUT2D eigenvalue weighted by Crippen LogP contribution is 2.33. The number of aromatic nitrogens is 3. The van der Waals surface area contributed by atoms with Crippen molar-refractivity contribution in [2.75, 3.05) is 11.4 Å². The number of nitrogens with zero attached hydrogens (tertiary/aromatic N) is 4. The molecule has 4 rings (SSSR count). The first-order valence-corrected chi connectivity index (χ1v) is 10.9. The molecule has 0 aliphatic carbocycles. The fourth-order valence-corrected chi connectivity index (χ4v) is 4.37. The van der Waals surface area contributed by atoms with Gasteiger partial charge >= 0.3 is 0 Å². The number of fused-ring (bicyclic) bond motifs is 1. The second-order valence-electron chi connectivity index (χ2n) is 6.90. The molecular formula is C23H21ClN4OS. The van der Waals surface area contributed by atoms with Gasteiger partial charge in [-0.3, -0.25) is 9.69 Å². The normalized spacial score (nSPS) is 11.4. The maximum atomic E-state index is 13.1. The van der Waals surface area contributed by atoms with Crippen molar-refractivity contribution in [3.8, 4) is 0 Å². The number of amides is 1. The van der Waals surface area contributed by atoms with E-state index in [0.29, 0.717) is 16.7 Å². The molecule has 2 heterocycles. The molecule has 152 valence electrons. The van der Waals surface area contributed by atoms with Gasteiger partial charge < -0.3 is 4.57 Å². The topological polar surface area (TPSA) is 51.0 Å². The Kier molecular flexibility index (Phi) is 6.26. The van der Waals surface area contributed by atoms with Crippen LogP contribution in [0.1, 0.15) is 17.5 Å². The van der Waals surface area contributed by atoms with Crippen molar-refractivity contribution in [1.29, 1.82) is 0 Å². The summed E-state index contributed by atoms with van der Waals surface area (Å²) in [5.74, 6) is -0.0905. The van der Waals surface area contributed by atoms with E-state index in [1.807, 2.05) is 66.2 Å². The van der Waals surface area contributed by atoms with Gasteiger partial charge in [-0.1, -0.05) is 53.3 Å². The predicted molar refractivity (Wildman–Crippen MR) is 124 cm³/mol. The Morgan fingerprint density at radius 1 is 1.23 bits per heavy atom. The van der Waals surface area contributed by atoms with Gasteiger partial charge in [-0.2, -0.15) is 0 Å². The molecular weight excluding hydrogens is 416 g/mol. The summed E-state index contributed by atoms with van der Waals surface area (Å²) in [6, 6.07) is 13.6. The standard InChI is InChI=1S/C23H21ClN4OS/c1-17-19(24)9-10-20-22(17)26-23(30-20)28(14-5-13-27-15-12-25-16-27)21(29)11-8-18-6-3-2-4-7-18/h2-4,6-12,15-16H,5,13-14H2,1H3/b11-8+. The molecule has 0 bridgehead atoms. The number of aryl methyl sites for hydroxylation is 2. The minimum Gasteiger partial charge on any atom is -0.337 e. The quantitative estimate of drug-likeness (QED) is 0.355. The number of carbonyl (C=O) groups is 1. The minimum absolute atomic E-state index is 0.0905. The van der Waals surface area contributed by atoms with Gasteiger partial charge in [0.15, 0.2) is 5.13 Å². The van der Waals surface area contributed by atoms with Crippen LogP contribution < -0.4 is 4.90 Å². The highest BCUT2D eigenvalue weighted by molar-refractivity contribution is 7.22. The Bertz CT molecular complexity index is 1170. The zero-order valence-corrected chi connectivity index (χ0v) is 18.1. The summed E-state index contributed by atoms with van der Waals surface area (Å²) in [6.45, 7) is 3.29. The molecule has 7 heteroatoms. The molecule has 0 aliphatic rings. The van der Waals surface area contributed by atoms with E-state index in [1.165, 1.54) is 11.3 Å². The van der Waals surface area contributed by atoms with E-state index >= 15 is 0 Å². The molecule has 0 unspecified atom stereocenters. The van der Waals surface area contributed by atoms with Gasteiger partial charge in [0.25, 0.3) is 5.91 Å². The number of rotatable bonds is 7. The van der Waals surface area contributed by atoms with Crippen LogP contribution in [0.15, 0.2) is 67.3 Å². The summed E-state index contributed by atoms with van der Waals surface area (Å²) >= 11 is 7.77. The van der Waals surface area contributed by atoms with Gasteiger partial charge in [0.2, 0.25) is 0 Å². The number of hydrogen-bond acceptors (Lipinski definition) is 4. The number of halogens is 1. The van der Waals surface area contributed by atoms with Crippen molar-refractivity contribution in [3.63, 3.8) is 0 Å². The summed E-state index contributed by atoms with van der Waals surface area (Å²) in [7, 11) is 0. The molecule has 0 N–H and O–H groups in total. The Morgan fingerprint density at radius 3 is 2.83 bits per heavy atom. The third-order valence-electron chi connectivity index (χ3n) is 4.81. The summed E-state index contributed by atoms with van der Waals surface area (Å²) in [6.07, 6.45) is 9.69. The van der Waals surface area contributed by atoms with E-state index < -0.39 is 0 Å². The number of thiazole rings is 1. The van der Waals surface area contributed by atoms with Crippen LogP contribution in [0.5, 0.6) is 0 Å². The lowest BCUT2D eigenvalue weighted by molar-refractivity contribution is -0.114. The number of carbonyl (C=O) groups excluding carboxylic acids is 1. The zero-order valence-electron chi connectivity index (χ0n) is 16.5. The van der Waals surface area contributed by atoms with Crippen molar-refractivity contribution in [2.24, 2.45) is 0 Å². The first-order chi connectivity index (χ1) is 14.6. The molecule has 30 heavy (non-hydrogen) atoms. The first kappa shape index (κ1) is 20.3. The molecule has 0 radical (unpaired) electrons. The van der Waals surface area contributed by atoms with Crippen molar-refractivity contribution in [1.82, 2.24) is 14.5 Å². The molecule has 4 aromatic rings. The zero-order chi connectivity index (χ0) is 20.9. The lowest BCUT2D eigenvalue weighted by Crippen LogP contribution is -2.30. The molecule has 0 spiro atoms. The maximum absolute atomic E-state index is 13.1. The van der Waals surface area contributed by atoms with Crippen LogP contribution in [-0.4, -0.2) is 27.0 Å². The third-order valence-corrected chi connectivity index (χ3v) is 6.26. The van der Waals surface area contributed by atoms with Crippen LogP contribution >= 0.6 is 22.9 Å². The van der Waals surface area contributed by atoms with Gasteiger partial charge in [-0.25, -0.2) is 9.97 Å². The third kappa shape index (κ3) is 4.61. The van der Waals surface area contributed by atoms with Gasteiger partial charge in [0, 0.05) is 36.6 Å². The molecule has 1 amide bonds. The fourth-order valence-electron chi connectivity index (χ4n) is 3.16. The average Bonchev–Trinajstić information content (AvgIpc) is 3.43. The van der Waals surface area contributed by atoms with Crippen LogP contribution in [0.2, 0.25) is 5.02 Å². The van der Waals surface area contributed by atoms with Crippen LogP contribution in [0, 0.1) is 6.92 Å². The second-order valence-corrected chi connectivity index (χ2v) is 8.32. The maximum Gasteiger partial charge on any atom is 0.252 e. The molecule has 5 nitrogen and oxygen atoms in total. The van der Waals surface area contributed by atoms with Crippen LogP contribution in [0.4, 0.5) is 5.13 Å². The fraction of sp³-hybridized carbons (Fsp3) is 0.174. The molecule has 0 aliphatic heterocycles. The van der Waals surface area contributed by atoms with E-state index in [4.69, 9.17) is 16.6 Å². The summed E-state index contributed by atoms with van der Waals surface area (Å²) in [4.78, 5) is 23.7. The Balaban J connectivity index is 1.60. The number of hydrogen-bond donors (Lipinski definition) is 0. The van der Waals surface area contributed by atoms with Crippen molar-refractivity contribution in [3.05, 3.63) is 83.4 Å². The average molecular weight is 437 g/mol. The van der Waals surface area contributed by atoms with Crippen LogP contribution in [0.3, 0.4) is 0 Å². The SMILES string of the molecule is Cc1c(Cl)ccc2sc(N(CCCn3ccnc3)C(=O)/C=C/c3ccccc3)nc12. The Hall–Kier alpha value is -2.96. The number of imidazole rings is 1. The molecule has 2 aromatic carbocycles. The highest BCUT2D eigenvalue weighted by Gasteiger charge is 2.19. The van der Waals surface area contributed by atoms with E-state index in [2.05, 4.69) is 4.98 Å². The lowest BCUT2D eigenvalue weighted by Gasteiger charge is -2.18. The molecule has 0 saturated carbocycles. The molecule has 0 fully saturated rings. The van der Waals surface area contributed by atoms with E-state index in [1.54, 1.807) is 23.5 Å². The summed E-state index contributed by atoms with van der Waals surface area (Å²) in [5.41, 5.74) is 2.76. The molecule has 0 atom stereocenters. The smallest absolute Gasteiger partial charge is 0.252 e. The van der Waals surface area contributed by atoms with E-state index in [-0.39, 0.29) is 5.91 Å². The van der Waals surface area contributed by atoms with E-state index in [9.17, 15) is 4.79 Å². The highest BCUT2D eigenvalue weighted by atomic mass is 35.5. The molecule has 0 saturated heterocycles. The van der Waals surface area contributed by atoms with Crippen molar-refractivity contribution in [2.45, 2.75) is 19.9 Å². The van der Waals surface area contributed by atoms with Crippen molar-refractivity contribution >= 4 is 50.3 Å². The van der Waals surface area contributed by atoms with E-state index in [0.717, 1.165) is 34.3 Å². The number of benzene rings is 2. The first-order valence-electron chi connectivity index (χ1n) is 9.68. The second kappa shape index (κ2) is 9.24.